The second-order valence-electron chi connectivity index (χ2n) is 11.0. The molecule has 41 heavy (non-hydrogen) atoms. The molecule has 0 atom stereocenters. The third kappa shape index (κ3) is 6.05. The van der Waals surface area contributed by atoms with Crippen molar-refractivity contribution >= 4 is 34.3 Å². The molecule has 5 rings (SSSR count). The zero-order valence-corrected chi connectivity index (χ0v) is 24.5. The van der Waals surface area contributed by atoms with Crippen LogP contribution < -0.4 is 5.56 Å². The molecule has 4 aromatic rings. The van der Waals surface area contributed by atoms with Gasteiger partial charge in [-0.1, -0.05) is 42.0 Å². The summed E-state index contributed by atoms with van der Waals surface area (Å²) in [6.45, 7) is 9.37. The molecule has 0 saturated carbocycles. The van der Waals surface area contributed by atoms with E-state index >= 15 is 0 Å². The molecule has 1 saturated heterocycles. The Hall–Kier alpha value is -3.98. The number of aromatic amines is 1. The molecular weight excluding hydrogens is 539 g/mol. The van der Waals surface area contributed by atoms with Crippen LogP contribution >= 0.6 is 11.8 Å². The number of nitrogens with zero attached hydrogens (tertiary/aromatic N) is 3. The second-order valence-corrected chi connectivity index (χ2v) is 12.7. The number of hydrogen-bond acceptors (Lipinski definition) is 5. The molecule has 0 aliphatic carbocycles. The smallest absolute Gasteiger partial charge is 0.272 e. The number of fused-ring (bicyclic) bond motifs is 1. The van der Waals surface area contributed by atoms with Gasteiger partial charge in [-0.05, 0) is 63.1 Å². The molecule has 7 nitrogen and oxygen atoms in total. The van der Waals surface area contributed by atoms with Gasteiger partial charge in [0.15, 0.2) is 0 Å². The Balaban J connectivity index is 1.26. The molecule has 1 aromatic heterocycles. The van der Waals surface area contributed by atoms with Crippen molar-refractivity contribution in [2.75, 3.05) is 26.2 Å². The van der Waals surface area contributed by atoms with Gasteiger partial charge in [0.25, 0.3) is 11.5 Å². The highest BCUT2D eigenvalue weighted by atomic mass is 32.2. The molecule has 3 aromatic carbocycles. The Morgan fingerprint density at radius 3 is 2.34 bits per heavy atom. The van der Waals surface area contributed by atoms with Crippen molar-refractivity contribution in [3.63, 3.8) is 0 Å². The minimum atomic E-state index is -0.674. The van der Waals surface area contributed by atoms with E-state index in [4.69, 9.17) is 0 Å². The number of benzene rings is 3. The maximum Gasteiger partial charge on any atom is 0.272 e. The van der Waals surface area contributed by atoms with Gasteiger partial charge in [-0.25, -0.2) is 9.49 Å². The lowest BCUT2D eigenvalue weighted by Gasteiger charge is -2.38. The Labute approximate surface area is 242 Å². The van der Waals surface area contributed by atoms with Gasteiger partial charge in [-0.3, -0.25) is 14.4 Å². The Bertz CT molecular complexity index is 1690. The van der Waals surface area contributed by atoms with Crippen LogP contribution in [-0.4, -0.2) is 62.7 Å². The molecule has 1 aliphatic heterocycles. The molecule has 1 N–H and O–H groups in total. The predicted molar refractivity (Wildman–Crippen MR) is 160 cm³/mol. The molecule has 2 heterocycles. The number of aromatic nitrogens is 2. The average Bonchev–Trinajstić information content (AvgIpc) is 2.96. The third-order valence-electron chi connectivity index (χ3n) is 7.47. The SMILES string of the molecule is Cc1ccc(SC(C)(C)C(=O)N2CCN(C(=O)c3cc(Cc4n[nH]c(=O)c5ccccc45)ccc3F)CC2)c(C)c1. The molecular formula is C32H33FN4O3S. The number of halogens is 1. The van der Waals surface area contributed by atoms with Gasteiger partial charge in [0.1, 0.15) is 5.82 Å². The van der Waals surface area contributed by atoms with Crippen LogP contribution in [0.3, 0.4) is 0 Å². The highest BCUT2D eigenvalue weighted by Gasteiger charge is 2.36. The lowest BCUT2D eigenvalue weighted by molar-refractivity contribution is -0.134. The predicted octanol–water partition coefficient (Wildman–Crippen LogP) is 5.13. The van der Waals surface area contributed by atoms with Crippen LogP contribution in [0.25, 0.3) is 10.8 Å². The number of carbonyl (C=O) groups excluding carboxylic acids is 2. The molecule has 9 heteroatoms. The topological polar surface area (TPSA) is 86.4 Å². The fourth-order valence-corrected chi connectivity index (χ4v) is 6.36. The summed E-state index contributed by atoms with van der Waals surface area (Å²) >= 11 is 1.55. The minimum Gasteiger partial charge on any atom is -0.338 e. The van der Waals surface area contributed by atoms with Gasteiger partial charge in [0.05, 0.1) is 21.4 Å². The number of amides is 2. The number of thioether (sulfide) groups is 1. The average molecular weight is 573 g/mol. The number of nitrogens with one attached hydrogen (secondary N) is 1. The van der Waals surface area contributed by atoms with E-state index in [9.17, 15) is 18.8 Å². The molecule has 212 valence electrons. The summed E-state index contributed by atoms with van der Waals surface area (Å²) < 4.78 is 14.2. The van der Waals surface area contributed by atoms with Gasteiger partial charge < -0.3 is 9.80 Å². The first kappa shape index (κ1) is 28.5. The largest absolute Gasteiger partial charge is 0.338 e. The Morgan fingerprint density at radius 2 is 1.63 bits per heavy atom. The lowest BCUT2D eigenvalue weighted by Crippen LogP contribution is -2.54. The molecule has 1 fully saturated rings. The summed E-state index contributed by atoms with van der Waals surface area (Å²) in [5, 5.41) is 7.96. The van der Waals surface area contributed by atoms with Gasteiger partial charge in [0.2, 0.25) is 5.91 Å². The van der Waals surface area contributed by atoms with Crippen molar-refractivity contribution in [3.8, 4) is 0 Å². The van der Waals surface area contributed by atoms with Gasteiger partial charge in [-0.15, -0.1) is 11.8 Å². The van der Waals surface area contributed by atoms with Crippen molar-refractivity contribution in [1.82, 2.24) is 20.0 Å². The Morgan fingerprint density at radius 1 is 0.951 bits per heavy atom. The van der Waals surface area contributed by atoms with E-state index in [0.29, 0.717) is 54.6 Å². The summed E-state index contributed by atoms with van der Waals surface area (Å²) in [5.41, 5.74) is 3.38. The highest BCUT2D eigenvalue weighted by Crippen LogP contribution is 2.36. The summed E-state index contributed by atoms with van der Waals surface area (Å²) in [7, 11) is 0. The normalized spacial score (nSPS) is 14.0. The maximum atomic E-state index is 14.9. The fraction of sp³-hybridized carbons (Fsp3) is 0.312. The summed E-state index contributed by atoms with van der Waals surface area (Å²) in [6.07, 6.45) is 0.327. The number of rotatable bonds is 6. The first-order chi connectivity index (χ1) is 19.5. The van der Waals surface area contributed by atoms with Crippen molar-refractivity contribution in [2.24, 2.45) is 0 Å². The Kier molecular flexibility index (Phi) is 8.00. The standard InChI is InChI=1S/C32H33FN4O3S/c1-20-9-12-28(21(2)17-20)41-32(3,4)31(40)37-15-13-36(14-16-37)30(39)25-18-22(10-11-26(25)33)19-27-23-7-5-6-8-24(23)29(38)35-34-27/h5-12,17-18H,13-16,19H2,1-4H3,(H,35,38). The van der Waals surface area contributed by atoms with Crippen LogP contribution in [0, 0.1) is 19.7 Å². The van der Waals surface area contributed by atoms with Crippen molar-refractivity contribution in [1.29, 1.82) is 0 Å². The number of aryl methyl sites for hydroxylation is 2. The summed E-state index contributed by atoms with van der Waals surface area (Å²) in [6, 6.07) is 17.9. The lowest BCUT2D eigenvalue weighted by atomic mass is 10.0. The molecule has 0 unspecified atom stereocenters. The molecule has 0 bridgehead atoms. The van der Waals surface area contributed by atoms with Gasteiger partial charge in [-0.2, -0.15) is 5.10 Å². The monoisotopic (exact) mass is 572 g/mol. The van der Waals surface area contributed by atoms with E-state index in [1.807, 2.05) is 45.9 Å². The van der Waals surface area contributed by atoms with E-state index in [2.05, 4.69) is 22.3 Å². The first-order valence-electron chi connectivity index (χ1n) is 13.6. The highest BCUT2D eigenvalue weighted by molar-refractivity contribution is 8.01. The van der Waals surface area contributed by atoms with Crippen LogP contribution in [0.1, 0.15) is 46.6 Å². The van der Waals surface area contributed by atoms with Crippen LogP contribution in [0.15, 0.2) is 70.4 Å². The third-order valence-corrected chi connectivity index (χ3v) is 8.84. The zero-order valence-electron chi connectivity index (χ0n) is 23.7. The van der Waals surface area contributed by atoms with Crippen molar-refractivity contribution < 1.29 is 14.0 Å². The molecule has 0 radical (unpaired) electrons. The van der Waals surface area contributed by atoms with Gasteiger partial charge in [0, 0.05) is 42.9 Å². The van der Waals surface area contributed by atoms with Crippen LogP contribution in [-0.2, 0) is 11.2 Å². The summed E-state index contributed by atoms with van der Waals surface area (Å²) in [5.74, 6) is -0.981. The van der Waals surface area contributed by atoms with E-state index in [1.54, 1.807) is 45.8 Å². The number of piperazine rings is 1. The minimum absolute atomic E-state index is 0.0123. The van der Waals surface area contributed by atoms with E-state index < -0.39 is 16.5 Å². The summed E-state index contributed by atoms with van der Waals surface area (Å²) in [4.78, 5) is 43.4. The number of H-pyrrole nitrogens is 1. The van der Waals surface area contributed by atoms with Crippen LogP contribution in [0.5, 0.6) is 0 Å². The number of hydrogen-bond donors (Lipinski definition) is 1. The quantitative estimate of drug-likeness (QED) is 0.324. The van der Waals surface area contributed by atoms with Crippen LogP contribution in [0.4, 0.5) is 4.39 Å². The van der Waals surface area contributed by atoms with E-state index in [1.165, 1.54) is 11.6 Å². The zero-order chi connectivity index (χ0) is 29.3. The van der Waals surface area contributed by atoms with Crippen molar-refractivity contribution in [3.05, 3.63) is 105 Å². The fourth-order valence-electron chi connectivity index (χ4n) is 5.24. The van der Waals surface area contributed by atoms with Crippen molar-refractivity contribution in [2.45, 2.75) is 43.8 Å². The van der Waals surface area contributed by atoms with E-state index in [-0.39, 0.29) is 17.0 Å². The molecule has 1 aliphatic rings. The van der Waals surface area contributed by atoms with Gasteiger partial charge >= 0.3 is 0 Å². The maximum absolute atomic E-state index is 14.9. The molecule has 2 amide bonds. The first-order valence-corrected chi connectivity index (χ1v) is 14.4. The van der Waals surface area contributed by atoms with Crippen LogP contribution in [0.2, 0.25) is 0 Å². The van der Waals surface area contributed by atoms with E-state index in [0.717, 1.165) is 10.5 Å². The second kappa shape index (κ2) is 11.5. The molecule has 0 spiro atoms. The number of carbonyl (C=O) groups is 2.